The van der Waals surface area contributed by atoms with Crippen molar-refractivity contribution in [2.24, 2.45) is 11.8 Å². The molecule has 0 saturated carbocycles. The summed E-state index contributed by atoms with van der Waals surface area (Å²) in [5, 5.41) is 0. The molecule has 0 N–H and O–H groups in total. The Morgan fingerprint density at radius 1 is 0.269 bits per heavy atom. The molecular formula is C56H114CaO8S2. The van der Waals surface area contributed by atoms with E-state index in [1.165, 1.54) is 257 Å². The first-order valence-corrected chi connectivity index (χ1v) is 31.9. The molecule has 0 aliphatic rings. The molecule has 0 amide bonds. The van der Waals surface area contributed by atoms with Gasteiger partial charge in [-0.15, -0.1) is 0 Å². The van der Waals surface area contributed by atoms with Crippen molar-refractivity contribution < 1.29 is 34.3 Å². The first kappa shape index (κ1) is 72.2. The number of hydrogen-bond acceptors (Lipinski definition) is 8. The van der Waals surface area contributed by atoms with Gasteiger partial charge < -0.3 is 9.11 Å². The van der Waals surface area contributed by atoms with E-state index < -0.39 is 20.8 Å². The Kier molecular flexibility index (Phi) is 62.4. The first-order chi connectivity index (χ1) is 32.0. The second-order valence-electron chi connectivity index (χ2n) is 20.4. The van der Waals surface area contributed by atoms with Gasteiger partial charge in [-0.2, -0.15) is 0 Å². The van der Waals surface area contributed by atoms with Gasteiger partial charge in [0.25, 0.3) is 0 Å². The van der Waals surface area contributed by atoms with E-state index in [1.54, 1.807) is 0 Å². The largest absolute Gasteiger partial charge is 2.00 e. The van der Waals surface area contributed by atoms with Crippen LogP contribution in [-0.2, 0) is 29.2 Å². The van der Waals surface area contributed by atoms with Gasteiger partial charge in [-0.3, -0.25) is 8.37 Å². The van der Waals surface area contributed by atoms with Gasteiger partial charge in [-0.1, -0.05) is 310 Å². The SMILES string of the molecule is CCCCCCCCCCCCCC(CCCCCCCCCCCCC)COS(=O)(=O)[O-].CCCCCCCCCCCCCC(CCCCCCCCCCCCC)COS(=O)(=O)[O-].[Ca+2]. The van der Waals surface area contributed by atoms with Gasteiger partial charge in [-0.25, -0.2) is 16.8 Å². The standard InChI is InChI=1S/2C28H58O4S.Ca/c2*1-3-5-7-9-11-13-15-17-19-21-23-25-28(27-32-33(29,30)31)26-24-22-20-18-16-14-12-10-8-6-4-2;/h2*28H,3-27H2,1-2H3,(H,29,30,31);/q;;+2/p-2. The minimum absolute atomic E-state index is 0. The first-order valence-electron chi connectivity index (χ1n) is 29.2. The van der Waals surface area contributed by atoms with Crippen molar-refractivity contribution in [2.45, 2.75) is 336 Å². The zero-order valence-corrected chi connectivity index (χ0v) is 49.1. The molecule has 0 unspecified atom stereocenters. The van der Waals surface area contributed by atoms with Crippen LogP contribution in [0.15, 0.2) is 0 Å². The molecule has 0 aromatic heterocycles. The Morgan fingerprint density at radius 3 is 0.537 bits per heavy atom. The van der Waals surface area contributed by atoms with Gasteiger partial charge in [0, 0.05) is 0 Å². The van der Waals surface area contributed by atoms with Crippen molar-refractivity contribution in [3.63, 3.8) is 0 Å². The molecule has 0 aromatic rings. The van der Waals surface area contributed by atoms with E-state index in [1.807, 2.05) is 0 Å². The average molecular weight is 1020 g/mol. The third-order valence-electron chi connectivity index (χ3n) is 13.8. The maximum absolute atomic E-state index is 10.9. The van der Waals surface area contributed by atoms with Crippen LogP contribution in [0.3, 0.4) is 0 Å². The van der Waals surface area contributed by atoms with Crippen molar-refractivity contribution >= 4 is 58.5 Å². The zero-order chi connectivity index (χ0) is 48.9. The van der Waals surface area contributed by atoms with E-state index in [9.17, 15) is 25.9 Å². The average Bonchev–Trinajstić information content (AvgIpc) is 3.28. The second-order valence-corrected chi connectivity index (χ2v) is 22.5. The van der Waals surface area contributed by atoms with Crippen molar-refractivity contribution in [1.82, 2.24) is 0 Å². The molecule has 400 valence electrons. The number of hydrogen-bond donors (Lipinski definition) is 0. The van der Waals surface area contributed by atoms with Crippen LogP contribution < -0.4 is 0 Å². The third kappa shape index (κ3) is 67.0. The Hall–Kier alpha value is 1.000. The molecule has 0 saturated heterocycles. The fraction of sp³-hybridized carbons (Fsp3) is 1.00. The van der Waals surface area contributed by atoms with Crippen LogP contribution in [0.25, 0.3) is 0 Å². The Balaban J connectivity index is -0.00000120. The van der Waals surface area contributed by atoms with E-state index >= 15 is 0 Å². The molecule has 0 bridgehead atoms. The van der Waals surface area contributed by atoms with Crippen LogP contribution in [0, 0.1) is 11.8 Å². The smallest absolute Gasteiger partial charge is 0.726 e. The summed E-state index contributed by atoms with van der Waals surface area (Å²) >= 11 is 0. The molecule has 0 fully saturated rings. The molecule has 0 aliphatic carbocycles. The quantitative estimate of drug-likeness (QED) is 0.0255. The van der Waals surface area contributed by atoms with Crippen LogP contribution in [0.2, 0.25) is 0 Å². The minimum atomic E-state index is -4.58. The van der Waals surface area contributed by atoms with Gasteiger partial charge >= 0.3 is 37.7 Å². The zero-order valence-electron chi connectivity index (χ0n) is 45.3. The molecule has 0 atom stereocenters. The van der Waals surface area contributed by atoms with Crippen LogP contribution >= 0.6 is 0 Å². The monoisotopic (exact) mass is 1020 g/mol. The van der Waals surface area contributed by atoms with E-state index in [-0.39, 0.29) is 62.8 Å². The van der Waals surface area contributed by atoms with Gasteiger partial charge in [-0.05, 0) is 37.5 Å². The minimum Gasteiger partial charge on any atom is -0.726 e. The number of unbranched alkanes of at least 4 members (excludes halogenated alkanes) is 40. The van der Waals surface area contributed by atoms with Crippen LogP contribution in [0.5, 0.6) is 0 Å². The third-order valence-corrected chi connectivity index (χ3v) is 14.6. The summed E-state index contributed by atoms with van der Waals surface area (Å²) in [5.41, 5.74) is 0. The van der Waals surface area contributed by atoms with Crippen molar-refractivity contribution in [3.05, 3.63) is 0 Å². The predicted molar refractivity (Wildman–Crippen MR) is 288 cm³/mol. The summed E-state index contributed by atoms with van der Waals surface area (Å²) in [6.45, 7) is 9.17. The Bertz CT molecular complexity index is 1000. The molecule has 11 heteroatoms. The Morgan fingerprint density at radius 2 is 0.403 bits per heavy atom. The second kappa shape index (κ2) is 57.9. The predicted octanol–water partition coefficient (Wildman–Crippen LogP) is 18.6. The molecule has 0 heterocycles. The van der Waals surface area contributed by atoms with E-state index in [0.29, 0.717) is 0 Å². The van der Waals surface area contributed by atoms with E-state index in [0.717, 1.165) is 51.4 Å². The van der Waals surface area contributed by atoms with Crippen molar-refractivity contribution in [3.8, 4) is 0 Å². The molecule has 67 heavy (non-hydrogen) atoms. The summed E-state index contributed by atoms with van der Waals surface area (Å²) in [6.07, 6.45) is 61.6. The molecule has 0 aliphatic heterocycles. The fourth-order valence-electron chi connectivity index (χ4n) is 9.37. The van der Waals surface area contributed by atoms with Crippen LogP contribution in [0.1, 0.15) is 336 Å². The molecule has 0 aromatic carbocycles. The van der Waals surface area contributed by atoms with Gasteiger partial charge in [0.05, 0.1) is 13.2 Å². The van der Waals surface area contributed by atoms with Crippen LogP contribution in [-0.4, -0.2) is 76.9 Å². The molecule has 8 nitrogen and oxygen atoms in total. The summed E-state index contributed by atoms with van der Waals surface area (Å²) in [7, 11) is -9.16. The number of rotatable bonds is 54. The Labute approximate surface area is 450 Å². The fourth-order valence-corrected chi connectivity index (χ4v) is 10.1. The maximum Gasteiger partial charge on any atom is 2.00 e. The summed E-state index contributed by atoms with van der Waals surface area (Å²) < 4.78 is 74.5. The van der Waals surface area contributed by atoms with E-state index in [2.05, 4.69) is 36.1 Å². The topological polar surface area (TPSA) is 133 Å². The molecule has 0 spiro atoms. The maximum atomic E-state index is 10.9. The van der Waals surface area contributed by atoms with Gasteiger partial charge in [0.15, 0.2) is 0 Å². The molecule has 0 rings (SSSR count). The van der Waals surface area contributed by atoms with E-state index in [4.69, 9.17) is 0 Å². The summed E-state index contributed by atoms with van der Waals surface area (Å²) in [6, 6.07) is 0. The molecular weight excluding hydrogens is 905 g/mol. The van der Waals surface area contributed by atoms with Gasteiger partial charge in [0.2, 0.25) is 20.8 Å². The summed E-state index contributed by atoms with van der Waals surface area (Å²) in [5.74, 6) is 0.400. The van der Waals surface area contributed by atoms with Crippen molar-refractivity contribution in [2.75, 3.05) is 13.2 Å². The molecule has 0 radical (unpaired) electrons. The summed E-state index contributed by atoms with van der Waals surface area (Å²) in [4.78, 5) is 0. The normalized spacial score (nSPS) is 11.9. The van der Waals surface area contributed by atoms with Crippen molar-refractivity contribution in [1.29, 1.82) is 0 Å². The van der Waals surface area contributed by atoms with Gasteiger partial charge in [0.1, 0.15) is 0 Å². The van der Waals surface area contributed by atoms with Crippen LogP contribution in [0.4, 0.5) is 0 Å².